The van der Waals surface area contributed by atoms with Gasteiger partial charge in [0.25, 0.3) is 0 Å². The van der Waals surface area contributed by atoms with Gasteiger partial charge in [0.05, 0.1) is 5.69 Å². The molecule has 0 aliphatic heterocycles. The number of nitrogens with zero attached hydrogens (tertiary/aromatic N) is 1. The van der Waals surface area contributed by atoms with Gasteiger partial charge in [-0.25, -0.2) is 4.39 Å². The highest BCUT2D eigenvalue weighted by Crippen LogP contribution is 2.27. The van der Waals surface area contributed by atoms with Crippen LogP contribution in [0.2, 0.25) is 0 Å². The zero-order valence-electron chi connectivity index (χ0n) is 9.19. The molecule has 0 aliphatic carbocycles. The summed E-state index contributed by atoms with van der Waals surface area (Å²) in [5.74, 6) is -0.355. The van der Waals surface area contributed by atoms with Gasteiger partial charge in [0.15, 0.2) is 0 Å². The number of rotatable bonds is 2. The number of aliphatic hydroxyl groups is 1. The van der Waals surface area contributed by atoms with Crippen LogP contribution in [0.25, 0.3) is 0 Å². The normalized spacial score (nSPS) is 12.5. The van der Waals surface area contributed by atoms with Crippen LogP contribution >= 0.6 is 15.9 Å². The predicted octanol–water partition coefficient (Wildman–Crippen LogP) is 3.37. The van der Waals surface area contributed by atoms with Crippen molar-refractivity contribution in [3.05, 3.63) is 63.6 Å². The number of halogens is 2. The lowest BCUT2D eigenvalue weighted by atomic mass is 10.0. The number of pyridine rings is 1. The molecular formula is C13H11BrFNO. The Morgan fingerprint density at radius 1 is 1.35 bits per heavy atom. The van der Waals surface area contributed by atoms with Crippen LogP contribution in [-0.4, -0.2) is 10.1 Å². The van der Waals surface area contributed by atoms with E-state index in [1.165, 1.54) is 12.1 Å². The number of hydrogen-bond acceptors (Lipinski definition) is 2. The first-order chi connectivity index (χ1) is 8.08. The van der Waals surface area contributed by atoms with Gasteiger partial charge in [0.1, 0.15) is 11.9 Å². The van der Waals surface area contributed by atoms with Crippen LogP contribution in [0.3, 0.4) is 0 Å². The molecule has 0 saturated heterocycles. The third-order valence-electron chi connectivity index (χ3n) is 2.43. The Balaban J connectivity index is 2.43. The second kappa shape index (κ2) is 4.94. The van der Waals surface area contributed by atoms with Crippen molar-refractivity contribution in [3.63, 3.8) is 0 Å². The fourth-order valence-electron chi connectivity index (χ4n) is 1.68. The minimum atomic E-state index is -0.931. The summed E-state index contributed by atoms with van der Waals surface area (Å²) in [5.41, 5.74) is 1.76. The lowest BCUT2D eigenvalue weighted by molar-refractivity contribution is 0.214. The first-order valence-corrected chi connectivity index (χ1v) is 5.93. The van der Waals surface area contributed by atoms with Gasteiger partial charge in [0.2, 0.25) is 0 Å². The SMILES string of the molecule is Cc1cc(F)cc(C(O)c2ncccc2Br)c1. The molecule has 1 unspecified atom stereocenters. The maximum atomic E-state index is 13.3. The molecule has 2 rings (SSSR count). The molecule has 0 spiro atoms. The molecule has 0 bridgehead atoms. The van der Waals surface area contributed by atoms with Gasteiger partial charge in [-0.05, 0) is 58.2 Å². The number of hydrogen-bond donors (Lipinski definition) is 1. The van der Waals surface area contributed by atoms with Gasteiger partial charge >= 0.3 is 0 Å². The predicted molar refractivity (Wildman–Crippen MR) is 67.1 cm³/mol. The van der Waals surface area contributed by atoms with Crippen molar-refractivity contribution in [1.29, 1.82) is 0 Å². The van der Waals surface area contributed by atoms with E-state index in [4.69, 9.17) is 0 Å². The smallest absolute Gasteiger partial charge is 0.123 e. The van der Waals surface area contributed by atoms with E-state index in [1.807, 2.05) is 0 Å². The summed E-state index contributed by atoms with van der Waals surface area (Å²) in [7, 11) is 0. The van der Waals surface area contributed by atoms with E-state index in [2.05, 4.69) is 20.9 Å². The highest BCUT2D eigenvalue weighted by Gasteiger charge is 2.15. The topological polar surface area (TPSA) is 33.1 Å². The molecule has 1 aromatic heterocycles. The van der Waals surface area contributed by atoms with Crippen LogP contribution in [0.1, 0.15) is 22.9 Å². The van der Waals surface area contributed by atoms with E-state index in [9.17, 15) is 9.50 Å². The van der Waals surface area contributed by atoms with Crippen molar-refractivity contribution in [1.82, 2.24) is 4.98 Å². The van der Waals surface area contributed by atoms with E-state index in [1.54, 1.807) is 31.3 Å². The number of aromatic nitrogens is 1. The maximum Gasteiger partial charge on any atom is 0.123 e. The third kappa shape index (κ3) is 2.70. The van der Waals surface area contributed by atoms with Crippen molar-refractivity contribution in [2.24, 2.45) is 0 Å². The number of aliphatic hydroxyl groups excluding tert-OH is 1. The summed E-state index contributed by atoms with van der Waals surface area (Å²) in [5, 5.41) is 10.2. The molecule has 88 valence electrons. The van der Waals surface area contributed by atoms with Gasteiger partial charge < -0.3 is 5.11 Å². The van der Waals surface area contributed by atoms with Crippen molar-refractivity contribution >= 4 is 15.9 Å². The van der Waals surface area contributed by atoms with Crippen molar-refractivity contribution in [2.75, 3.05) is 0 Å². The van der Waals surface area contributed by atoms with Gasteiger partial charge in [-0.1, -0.05) is 6.07 Å². The third-order valence-corrected chi connectivity index (χ3v) is 3.10. The lowest BCUT2D eigenvalue weighted by Gasteiger charge is -2.12. The zero-order chi connectivity index (χ0) is 12.4. The van der Waals surface area contributed by atoms with Crippen molar-refractivity contribution < 1.29 is 9.50 Å². The minimum absolute atomic E-state index is 0.355. The Bertz CT molecular complexity index is 524. The van der Waals surface area contributed by atoms with Crippen LogP contribution < -0.4 is 0 Å². The summed E-state index contributed by atoms with van der Waals surface area (Å²) < 4.78 is 14.0. The molecule has 2 nitrogen and oxygen atoms in total. The fraction of sp³-hybridized carbons (Fsp3) is 0.154. The average molecular weight is 296 g/mol. The van der Waals surface area contributed by atoms with E-state index >= 15 is 0 Å². The first kappa shape index (κ1) is 12.2. The largest absolute Gasteiger partial charge is 0.382 e. The van der Waals surface area contributed by atoms with E-state index in [0.29, 0.717) is 15.7 Å². The Morgan fingerprint density at radius 3 is 2.76 bits per heavy atom. The highest BCUT2D eigenvalue weighted by atomic mass is 79.9. The summed E-state index contributed by atoms with van der Waals surface area (Å²) in [6.45, 7) is 1.78. The summed E-state index contributed by atoms with van der Waals surface area (Å²) in [6.07, 6.45) is 0.662. The van der Waals surface area contributed by atoms with Crippen LogP contribution in [-0.2, 0) is 0 Å². The number of aryl methyl sites for hydroxylation is 1. The quantitative estimate of drug-likeness (QED) is 0.921. The average Bonchev–Trinajstić information content (AvgIpc) is 2.27. The molecule has 17 heavy (non-hydrogen) atoms. The molecule has 0 amide bonds. The van der Waals surface area contributed by atoms with E-state index < -0.39 is 6.10 Å². The molecule has 0 aliphatic rings. The second-order valence-electron chi connectivity index (χ2n) is 3.83. The second-order valence-corrected chi connectivity index (χ2v) is 4.69. The standard InChI is InChI=1S/C13H11BrFNO/c1-8-5-9(7-10(15)6-8)13(17)12-11(14)3-2-4-16-12/h2-7,13,17H,1H3. The Kier molecular flexibility index (Phi) is 3.54. The molecule has 0 radical (unpaired) electrons. The van der Waals surface area contributed by atoms with Crippen molar-refractivity contribution in [3.8, 4) is 0 Å². The molecule has 2 aromatic rings. The molecule has 1 aromatic carbocycles. The van der Waals surface area contributed by atoms with Crippen LogP contribution in [0.15, 0.2) is 41.0 Å². The summed E-state index contributed by atoms with van der Waals surface area (Å²) in [6, 6.07) is 8.03. The zero-order valence-corrected chi connectivity index (χ0v) is 10.8. The van der Waals surface area contributed by atoms with E-state index in [0.717, 1.165) is 5.56 Å². The Labute approximate surface area is 107 Å². The van der Waals surface area contributed by atoms with Gasteiger partial charge in [-0.3, -0.25) is 4.98 Å². The van der Waals surface area contributed by atoms with Crippen molar-refractivity contribution in [2.45, 2.75) is 13.0 Å². The maximum absolute atomic E-state index is 13.3. The molecule has 0 fully saturated rings. The lowest BCUT2D eigenvalue weighted by Crippen LogP contribution is -2.04. The van der Waals surface area contributed by atoms with Crippen LogP contribution in [0.4, 0.5) is 4.39 Å². The Hall–Kier alpha value is -1.26. The monoisotopic (exact) mass is 295 g/mol. The van der Waals surface area contributed by atoms with Crippen LogP contribution in [0, 0.1) is 12.7 Å². The fourth-order valence-corrected chi connectivity index (χ4v) is 2.15. The molecule has 4 heteroatoms. The molecule has 1 atom stereocenters. The van der Waals surface area contributed by atoms with E-state index in [-0.39, 0.29) is 5.82 Å². The first-order valence-electron chi connectivity index (χ1n) is 5.13. The number of benzene rings is 1. The van der Waals surface area contributed by atoms with Gasteiger partial charge in [0, 0.05) is 10.7 Å². The summed E-state index contributed by atoms with van der Waals surface area (Å²) >= 11 is 3.31. The summed E-state index contributed by atoms with van der Waals surface area (Å²) in [4.78, 5) is 4.09. The molecule has 1 heterocycles. The minimum Gasteiger partial charge on any atom is -0.382 e. The molecule has 0 saturated carbocycles. The molecular weight excluding hydrogens is 285 g/mol. The Morgan fingerprint density at radius 2 is 2.12 bits per heavy atom. The van der Waals surface area contributed by atoms with Gasteiger partial charge in [-0.15, -0.1) is 0 Å². The van der Waals surface area contributed by atoms with Gasteiger partial charge in [-0.2, -0.15) is 0 Å². The highest BCUT2D eigenvalue weighted by molar-refractivity contribution is 9.10. The molecule has 1 N–H and O–H groups in total. The van der Waals surface area contributed by atoms with Crippen LogP contribution in [0.5, 0.6) is 0 Å².